The van der Waals surface area contributed by atoms with Crippen LogP contribution in [0, 0.1) is 6.08 Å². The fraction of sp³-hybridized carbons (Fsp3) is 0.0769. The minimum atomic E-state index is 0.344. The Balaban J connectivity index is 2.17. The zero-order chi connectivity index (χ0) is 10.3. The molecule has 1 N–H and O–H groups in total. The van der Waals surface area contributed by atoms with Crippen LogP contribution >= 0.6 is 0 Å². The Morgan fingerprint density at radius 2 is 2.27 bits per heavy atom. The maximum absolute atomic E-state index is 9.73. The number of benzene rings is 1. The minimum Gasteiger partial charge on any atom is -0.506 e. The van der Waals surface area contributed by atoms with Gasteiger partial charge in [-0.3, -0.25) is 0 Å². The Morgan fingerprint density at radius 3 is 3.20 bits per heavy atom. The summed E-state index contributed by atoms with van der Waals surface area (Å²) in [5, 5.41) is 9.73. The first-order valence-corrected chi connectivity index (χ1v) is 4.90. The second-order valence-corrected chi connectivity index (χ2v) is 3.66. The van der Waals surface area contributed by atoms with Gasteiger partial charge < -0.3 is 10.0 Å². The SMILES string of the molecule is Oc1cccc2c1C=C1[C+]=CC=CN1C2. The van der Waals surface area contributed by atoms with Gasteiger partial charge in [0.25, 0.3) is 0 Å². The summed E-state index contributed by atoms with van der Waals surface area (Å²) in [4.78, 5) is 2.11. The van der Waals surface area contributed by atoms with E-state index in [1.54, 1.807) is 6.07 Å². The van der Waals surface area contributed by atoms with Crippen LogP contribution in [0.25, 0.3) is 6.08 Å². The molecule has 0 saturated heterocycles. The molecule has 0 atom stereocenters. The van der Waals surface area contributed by atoms with E-state index in [1.807, 2.05) is 36.6 Å². The second kappa shape index (κ2) is 2.97. The fourth-order valence-corrected chi connectivity index (χ4v) is 1.93. The molecule has 72 valence electrons. The van der Waals surface area contributed by atoms with Crippen LogP contribution in [0.2, 0.25) is 0 Å². The first-order chi connectivity index (χ1) is 7.34. The molecular weight excluding hydrogens is 186 g/mol. The van der Waals surface area contributed by atoms with Crippen LogP contribution < -0.4 is 0 Å². The molecule has 0 unspecified atom stereocenters. The van der Waals surface area contributed by atoms with Crippen LogP contribution in [0.3, 0.4) is 0 Å². The van der Waals surface area contributed by atoms with E-state index in [2.05, 4.69) is 11.0 Å². The van der Waals surface area contributed by atoms with Crippen LogP contribution in [-0.4, -0.2) is 10.0 Å². The first-order valence-electron chi connectivity index (χ1n) is 4.90. The summed E-state index contributed by atoms with van der Waals surface area (Å²) in [7, 11) is 0. The molecule has 2 aliphatic rings. The van der Waals surface area contributed by atoms with Crippen molar-refractivity contribution in [3.05, 3.63) is 59.5 Å². The first kappa shape index (κ1) is 8.27. The van der Waals surface area contributed by atoms with Gasteiger partial charge in [0, 0.05) is 0 Å². The number of phenols is 1. The van der Waals surface area contributed by atoms with Gasteiger partial charge in [0.05, 0.1) is 36.5 Å². The van der Waals surface area contributed by atoms with Gasteiger partial charge in [-0.25, -0.2) is 0 Å². The Morgan fingerprint density at radius 1 is 1.33 bits per heavy atom. The van der Waals surface area contributed by atoms with Gasteiger partial charge in [-0.2, -0.15) is 0 Å². The van der Waals surface area contributed by atoms with Gasteiger partial charge in [0.1, 0.15) is 11.8 Å². The number of phenolic OH excluding ortho intramolecular Hbond substituents is 1. The molecule has 2 heteroatoms. The van der Waals surface area contributed by atoms with Gasteiger partial charge in [-0.15, -0.1) is 0 Å². The quantitative estimate of drug-likeness (QED) is 0.644. The van der Waals surface area contributed by atoms with Gasteiger partial charge in [-0.1, -0.05) is 12.1 Å². The smallest absolute Gasteiger partial charge is 0.210 e. The number of nitrogens with zero attached hydrogens (tertiary/aromatic N) is 1. The Bertz CT molecular complexity index is 497. The molecule has 2 aliphatic heterocycles. The maximum atomic E-state index is 9.73. The molecule has 1 aromatic rings. The Kier molecular flexibility index (Phi) is 1.64. The molecule has 0 saturated carbocycles. The van der Waals surface area contributed by atoms with Crippen molar-refractivity contribution in [2.45, 2.75) is 6.54 Å². The number of hydrogen-bond donors (Lipinski definition) is 1. The lowest BCUT2D eigenvalue weighted by atomic mass is 9.99. The molecule has 0 radical (unpaired) electrons. The normalized spacial score (nSPS) is 16.5. The summed E-state index contributed by atoms with van der Waals surface area (Å²) < 4.78 is 0. The lowest BCUT2D eigenvalue weighted by Gasteiger charge is -2.23. The van der Waals surface area contributed by atoms with Crippen molar-refractivity contribution in [2.24, 2.45) is 0 Å². The number of allylic oxidation sites excluding steroid dienone is 3. The third kappa shape index (κ3) is 1.24. The molecule has 2 heterocycles. The Hall–Kier alpha value is -2.05. The standard InChI is InChI=1S/C13H9NO/c15-13-6-3-4-10-9-14-7-2-1-5-11(14)8-12(10)13/h1-4,6-8H,9H2/p+1. The lowest BCUT2D eigenvalue weighted by molar-refractivity contribution is 0.447. The zero-order valence-electron chi connectivity index (χ0n) is 8.14. The van der Waals surface area contributed by atoms with Crippen molar-refractivity contribution in [2.75, 3.05) is 0 Å². The van der Waals surface area contributed by atoms with Gasteiger partial charge in [-0.05, 0) is 11.6 Å². The van der Waals surface area contributed by atoms with E-state index in [9.17, 15) is 5.11 Å². The van der Waals surface area contributed by atoms with E-state index >= 15 is 0 Å². The van der Waals surface area contributed by atoms with Crippen molar-refractivity contribution in [3.8, 4) is 5.75 Å². The number of fused-ring (bicyclic) bond motifs is 2. The maximum Gasteiger partial charge on any atom is 0.210 e. The third-order valence-corrected chi connectivity index (χ3v) is 2.70. The third-order valence-electron chi connectivity index (χ3n) is 2.70. The summed E-state index contributed by atoms with van der Waals surface area (Å²) in [6.07, 6.45) is 11.0. The molecular formula is C13H10NO+. The summed E-state index contributed by atoms with van der Waals surface area (Å²) in [5.41, 5.74) is 3.07. The molecule has 0 bridgehead atoms. The van der Waals surface area contributed by atoms with E-state index < -0.39 is 0 Å². The van der Waals surface area contributed by atoms with E-state index in [0.29, 0.717) is 5.75 Å². The van der Waals surface area contributed by atoms with Crippen LogP contribution in [0.1, 0.15) is 11.1 Å². The number of rotatable bonds is 0. The molecule has 0 aromatic heterocycles. The van der Waals surface area contributed by atoms with Gasteiger partial charge >= 0.3 is 0 Å². The summed E-state index contributed by atoms with van der Waals surface area (Å²) in [6, 6.07) is 5.63. The zero-order valence-corrected chi connectivity index (χ0v) is 8.14. The van der Waals surface area contributed by atoms with Crippen molar-refractivity contribution in [1.29, 1.82) is 0 Å². The van der Waals surface area contributed by atoms with E-state index in [4.69, 9.17) is 0 Å². The van der Waals surface area contributed by atoms with E-state index in [0.717, 1.165) is 23.4 Å². The van der Waals surface area contributed by atoms with E-state index in [1.165, 1.54) is 0 Å². The Labute approximate surface area is 88.5 Å². The van der Waals surface area contributed by atoms with Crippen LogP contribution in [0.5, 0.6) is 5.75 Å². The highest BCUT2D eigenvalue weighted by atomic mass is 16.3. The number of hydrogen-bond acceptors (Lipinski definition) is 2. The highest BCUT2D eigenvalue weighted by Crippen LogP contribution is 2.31. The van der Waals surface area contributed by atoms with Crippen LogP contribution in [0.15, 0.2) is 42.2 Å². The molecule has 0 amide bonds. The highest BCUT2D eigenvalue weighted by Gasteiger charge is 2.23. The van der Waals surface area contributed by atoms with Crippen molar-refractivity contribution >= 4 is 6.08 Å². The van der Waals surface area contributed by atoms with E-state index in [-0.39, 0.29) is 0 Å². The topological polar surface area (TPSA) is 23.5 Å². The minimum absolute atomic E-state index is 0.344. The van der Waals surface area contributed by atoms with Crippen molar-refractivity contribution in [3.63, 3.8) is 0 Å². The van der Waals surface area contributed by atoms with Crippen LogP contribution in [-0.2, 0) is 6.54 Å². The molecule has 3 rings (SSSR count). The van der Waals surface area contributed by atoms with Crippen LogP contribution in [0.4, 0.5) is 0 Å². The van der Waals surface area contributed by atoms with Crippen molar-refractivity contribution < 1.29 is 5.11 Å². The average Bonchev–Trinajstić information content (AvgIpc) is 2.27. The molecule has 0 fully saturated rings. The number of aromatic hydroxyl groups is 1. The largest absolute Gasteiger partial charge is 0.506 e. The highest BCUT2D eigenvalue weighted by molar-refractivity contribution is 5.66. The molecule has 15 heavy (non-hydrogen) atoms. The van der Waals surface area contributed by atoms with Gasteiger partial charge in [0.15, 0.2) is 0 Å². The predicted octanol–water partition coefficient (Wildman–Crippen LogP) is 2.44. The summed E-state index contributed by atoms with van der Waals surface area (Å²) in [6.45, 7) is 0.799. The molecule has 1 aromatic carbocycles. The summed E-state index contributed by atoms with van der Waals surface area (Å²) >= 11 is 0. The molecule has 0 spiro atoms. The van der Waals surface area contributed by atoms with Gasteiger partial charge in [0.2, 0.25) is 5.70 Å². The molecule has 2 nitrogen and oxygen atoms in total. The summed E-state index contributed by atoms with van der Waals surface area (Å²) in [5.74, 6) is 0.344. The molecule has 0 aliphatic carbocycles. The predicted molar refractivity (Wildman–Crippen MR) is 58.6 cm³/mol. The average molecular weight is 196 g/mol. The lowest BCUT2D eigenvalue weighted by Crippen LogP contribution is -2.20. The van der Waals surface area contributed by atoms with Crippen molar-refractivity contribution in [1.82, 2.24) is 4.90 Å². The fourth-order valence-electron chi connectivity index (χ4n) is 1.93. The second-order valence-electron chi connectivity index (χ2n) is 3.66. The monoisotopic (exact) mass is 196 g/mol.